The Hall–Kier alpha value is -4.39. The lowest BCUT2D eigenvalue weighted by Crippen LogP contribution is -2.46. The largest absolute Gasteiger partial charge is 0.370 e. The third-order valence-corrected chi connectivity index (χ3v) is 7.85. The van der Waals surface area contributed by atoms with Gasteiger partial charge < -0.3 is 15.2 Å². The summed E-state index contributed by atoms with van der Waals surface area (Å²) in [5, 5.41) is 8.52. The van der Waals surface area contributed by atoms with Gasteiger partial charge in [-0.25, -0.2) is 4.98 Å². The minimum absolute atomic E-state index is 0.135. The van der Waals surface area contributed by atoms with Crippen molar-refractivity contribution in [1.82, 2.24) is 19.7 Å². The van der Waals surface area contributed by atoms with Crippen LogP contribution in [0.1, 0.15) is 18.4 Å². The van der Waals surface area contributed by atoms with Crippen LogP contribution in [0, 0.1) is 0 Å². The number of aromatic amines is 1. The van der Waals surface area contributed by atoms with Gasteiger partial charge in [-0.05, 0) is 41.7 Å². The highest BCUT2D eigenvalue weighted by Gasteiger charge is 2.48. The normalized spacial score (nSPS) is 16.5. The molecule has 0 bridgehead atoms. The summed E-state index contributed by atoms with van der Waals surface area (Å²) < 4.78 is 1.82. The number of aromatic nitrogens is 4. The molecular weight excluding hydrogens is 448 g/mol. The van der Waals surface area contributed by atoms with Gasteiger partial charge in [0.25, 0.3) is 0 Å². The smallest absolute Gasteiger partial charge is 0.235 e. The van der Waals surface area contributed by atoms with Crippen LogP contribution in [0.4, 0.5) is 11.4 Å². The van der Waals surface area contributed by atoms with Crippen molar-refractivity contribution >= 4 is 28.3 Å². The predicted octanol–water partition coefficient (Wildman–Crippen LogP) is 5.12. The number of amides is 1. The van der Waals surface area contributed by atoms with E-state index in [0.29, 0.717) is 0 Å². The molecule has 2 aliphatic rings. The number of aryl methyl sites for hydroxylation is 1. The first-order chi connectivity index (χ1) is 17.6. The first kappa shape index (κ1) is 20.9. The van der Waals surface area contributed by atoms with Crippen LogP contribution in [-0.2, 0) is 17.3 Å². The summed E-state index contributed by atoms with van der Waals surface area (Å²) in [6.07, 6.45) is 9.38. The SMILES string of the molecule is Cn1cc(-c2ccc(-c3cnc4[nH]ccc4c3N3CCC4(CC3)C(=O)Nc3ccccc34)cc2)cn1. The number of para-hydroxylation sites is 1. The van der Waals surface area contributed by atoms with E-state index in [1.54, 1.807) is 0 Å². The summed E-state index contributed by atoms with van der Waals surface area (Å²) in [6, 6.07) is 18.8. The van der Waals surface area contributed by atoms with E-state index < -0.39 is 5.41 Å². The van der Waals surface area contributed by atoms with Crippen LogP contribution in [0.5, 0.6) is 0 Å². The molecule has 0 unspecified atom stereocenters. The highest BCUT2D eigenvalue weighted by molar-refractivity contribution is 6.06. The molecule has 3 aromatic heterocycles. The summed E-state index contributed by atoms with van der Waals surface area (Å²) in [5.41, 5.74) is 8.18. The van der Waals surface area contributed by atoms with E-state index in [-0.39, 0.29) is 5.91 Å². The minimum Gasteiger partial charge on any atom is -0.370 e. The Morgan fingerprint density at radius 3 is 2.47 bits per heavy atom. The van der Waals surface area contributed by atoms with E-state index in [1.807, 2.05) is 54.7 Å². The lowest BCUT2D eigenvalue weighted by atomic mass is 9.73. The summed E-state index contributed by atoms with van der Waals surface area (Å²) in [4.78, 5) is 23.5. The molecule has 7 heteroatoms. The maximum absolute atomic E-state index is 13.1. The van der Waals surface area contributed by atoms with E-state index in [4.69, 9.17) is 4.98 Å². The van der Waals surface area contributed by atoms with Crippen LogP contribution in [0.2, 0.25) is 0 Å². The number of rotatable bonds is 3. The van der Waals surface area contributed by atoms with Gasteiger partial charge in [0.2, 0.25) is 5.91 Å². The van der Waals surface area contributed by atoms with Gasteiger partial charge in [0.1, 0.15) is 5.65 Å². The Morgan fingerprint density at radius 1 is 0.917 bits per heavy atom. The number of hydrogen-bond donors (Lipinski definition) is 2. The molecule has 2 aliphatic heterocycles. The fraction of sp³-hybridized carbons (Fsp3) is 0.207. The van der Waals surface area contributed by atoms with Crippen LogP contribution >= 0.6 is 0 Å². The average Bonchev–Trinajstić information content (AvgIpc) is 3.63. The molecule has 0 atom stereocenters. The number of nitrogens with zero attached hydrogens (tertiary/aromatic N) is 4. The molecule has 7 nitrogen and oxygen atoms in total. The molecule has 36 heavy (non-hydrogen) atoms. The van der Waals surface area contributed by atoms with E-state index in [1.165, 1.54) is 5.69 Å². The van der Waals surface area contributed by atoms with Crippen molar-refractivity contribution < 1.29 is 4.79 Å². The Labute approximate surface area is 208 Å². The fourth-order valence-electron chi connectivity index (χ4n) is 5.94. The summed E-state index contributed by atoms with van der Waals surface area (Å²) >= 11 is 0. The molecule has 2 aromatic carbocycles. The molecule has 0 saturated carbocycles. The van der Waals surface area contributed by atoms with Crippen molar-refractivity contribution in [1.29, 1.82) is 0 Å². The summed E-state index contributed by atoms with van der Waals surface area (Å²) in [7, 11) is 1.93. The second kappa shape index (κ2) is 7.81. The zero-order chi connectivity index (χ0) is 24.3. The number of anilines is 2. The van der Waals surface area contributed by atoms with Gasteiger partial charge in [0.05, 0.1) is 17.3 Å². The maximum Gasteiger partial charge on any atom is 0.235 e. The number of benzene rings is 2. The Morgan fingerprint density at radius 2 is 1.69 bits per heavy atom. The lowest BCUT2D eigenvalue weighted by Gasteiger charge is -2.40. The molecule has 5 heterocycles. The van der Waals surface area contributed by atoms with E-state index in [2.05, 4.69) is 56.7 Å². The third-order valence-electron chi connectivity index (χ3n) is 7.85. The molecule has 1 amide bonds. The van der Waals surface area contributed by atoms with E-state index >= 15 is 0 Å². The number of hydrogen-bond acceptors (Lipinski definition) is 4. The van der Waals surface area contributed by atoms with Crippen molar-refractivity contribution in [3.05, 3.63) is 84.9 Å². The molecule has 0 radical (unpaired) electrons. The first-order valence-corrected chi connectivity index (χ1v) is 12.3. The van der Waals surface area contributed by atoms with Gasteiger partial charge in [-0.3, -0.25) is 9.48 Å². The Kier molecular flexibility index (Phi) is 4.54. The maximum atomic E-state index is 13.1. The van der Waals surface area contributed by atoms with Crippen molar-refractivity contribution in [3.8, 4) is 22.3 Å². The third kappa shape index (κ3) is 3.09. The summed E-state index contributed by atoms with van der Waals surface area (Å²) in [5.74, 6) is 0.135. The molecule has 1 spiro atoms. The highest BCUT2D eigenvalue weighted by Crippen LogP contribution is 2.47. The molecule has 178 valence electrons. The quantitative estimate of drug-likeness (QED) is 0.380. The first-order valence-electron chi connectivity index (χ1n) is 12.3. The second-order valence-corrected chi connectivity index (χ2v) is 9.81. The summed E-state index contributed by atoms with van der Waals surface area (Å²) in [6.45, 7) is 1.60. The number of carbonyl (C=O) groups excluding carboxylic acids is 1. The molecule has 0 aliphatic carbocycles. The van der Waals surface area contributed by atoms with Crippen molar-refractivity contribution in [3.63, 3.8) is 0 Å². The van der Waals surface area contributed by atoms with Crippen molar-refractivity contribution in [2.45, 2.75) is 18.3 Å². The second-order valence-electron chi connectivity index (χ2n) is 9.81. The van der Waals surface area contributed by atoms with Gasteiger partial charge in [0, 0.05) is 60.9 Å². The molecule has 5 aromatic rings. The van der Waals surface area contributed by atoms with Gasteiger partial charge >= 0.3 is 0 Å². The Balaban J connectivity index is 1.25. The number of carbonyl (C=O) groups is 1. The van der Waals surface area contributed by atoms with Crippen molar-refractivity contribution in [2.24, 2.45) is 7.05 Å². The van der Waals surface area contributed by atoms with Crippen LogP contribution in [0.15, 0.2) is 79.4 Å². The van der Waals surface area contributed by atoms with E-state index in [0.717, 1.165) is 70.5 Å². The number of fused-ring (bicyclic) bond motifs is 3. The topological polar surface area (TPSA) is 78.8 Å². The highest BCUT2D eigenvalue weighted by atomic mass is 16.2. The van der Waals surface area contributed by atoms with Gasteiger partial charge in [-0.15, -0.1) is 0 Å². The average molecular weight is 475 g/mol. The number of H-pyrrole nitrogens is 1. The van der Waals surface area contributed by atoms with Gasteiger partial charge in [-0.1, -0.05) is 42.5 Å². The molecule has 1 saturated heterocycles. The van der Waals surface area contributed by atoms with E-state index in [9.17, 15) is 4.79 Å². The van der Waals surface area contributed by atoms with Gasteiger partial charge in [0.15, 0.2) is 0 Å². The molecule has 7 rings (SSSR count). The van der Waals surface area contributed by atoms with Gasteiger partial charge in [-0.2, -0.15) is 5.10 Å². The minimum atomic E-state index is -0.442. The Bertz CT molecular complexity index is 1600. The number of pyridine rings is 1. The number of nitrogens with one attached hydrogen (secondary N) is 2. The van der Waals surface area contributed by atoms with Crippen LogP contribution < -0.4 is 10.2 Å². The predicted molar refractivity (Wildman–Crippen MR) is 142 cm³/mol. The zero-order valence-electron chi connectivity index (χ0n) is 20.0. The lowest BCUT2D eigenvalue weighted by molar-refractivity contribution is -0.121. The van der Waals surface area contributed by atoms with Crippen molar-refractivity contribution in [2.75, 3.05) is 23.3 Å². The number of piperidine rings is 1. The molecular formula is C29H26N6O. The van der Waals surface area contributed by atoms with Crippen LogP contribution in [0.3, 0.4) is 0 Å². The zero-order valence-corrected chi connectivity index (χ0v) is 20.0. The monoisotopic (exact) mass is 474 g/mol. The standard InChI is InChI=1S/C29H26N6O/c1-34-18-21(16-32-34)19-6-8-20(9-7-19)23-17-31-27-22(10-13-30-27)26(23)35-14-11-29(12-15-35)24-4-2-3-5-25(24)33-28(29)36/h2-10,13,16-18H,11-12,14-15H2,1H3,(H,30,31)(H,33,36). The molecule has 1 fully saturated rings. The molecule has 2 N–H and O–H groups in total. The van der Waals surface area contributed by atoms with Crippen LogP contribution in [0.25, 0.3) is 33.3 Å². The fourth-order valence-corrected chi connectivity index (χ4v) is 5.94. The van der Waals surface area contributed by atoms with Crippen LogP contribution in [-0.4, -0.2) is 38.7 Å².